The average Bonchev–Trinajstić information content (AvgIpc) is 2.77. The molecular formula is C25H26N2O3. The Morgan fingerprint density at radius 3 is 2.53 bits per heavy atom. The molecule has 3 rings (SSSR count). The number of carbonyl (C=O) groups excluding carboxylic acids is 3. The Bertz CT molecular complexity index is 1050. The van der Waals surface area contributed by atoms with Crippen LogP contribution in [0, 0.1) is 6.92 Å². The fourth-order valence-electron chi connectivity index (χ4n) is 3.56. The van der Waals surface area contributed by atoms with E-state index in [-0.39, 0.29) is 5.91 Å². The van der Waals surface area contributed by atoms with Gasteiger partial charge in [0.1, 0.15) is 6.29 Å². The molecule has 0 heterocycles. The Balaban J connectivity index is 1.83. The van der Waals surface area contributed by atoms with Gasteiger partial charge in [-0.15, -0.1) is 0 Å². The Hall–Kier alpha value is -3.47. The lowest BCUT2D eigenvalue weighted by Gasteiger charge is -2.23. The number of unbranched alkanes of at least 4 members (excludes halogenated alkanes) is 2. The number of rotatable bonds is 10. The Labute approximate surface area is 176 Å². The highest BCUT2D eigenvalue weighted by Crippen LogP contribution is 2.29. The summed E-state index contributed by atoms with van der Waals surface area (Å²) in [6, 6.07) is 19.6. The first kappa shape index (κ1) is 21.2. The van der Waals surface area contributed by atoms with Crippen LogP contribution < -0.4 is 10.2 Å². The summed E-state index contributed by atoms with van der Waals surface area (Å²) in [6.07, 6.45) is 3.82. The van der Waals surface area contributed by atoms with E-state index in [0.717, 1.165) is 34.6 Å². The highest BCUT2D eigenvalue weighted by molar-refractivity contribution is 5.97. The summed E-state index contributed by atoms with van der Waals surface area (Å²) in [4.78, 5) is 36.4. The summed E-state index contributed by atoms with van der Waals surface area (Å²) in [6.45, 7) is 2.45. The largest absolute Gasteiger partial charge is 0.324 e. The molecule has 2 amide bonds. The second kappa shape index (κ2) is 10.3. The summed E-state index contributed by atoms with van der Waals surface area (Å²) in [5.41, 5.74) is 3.44. The van der Waals surface area contributed by atoms with Crippen molar-refractivity contribution in [1.82, 2.24) is 0 Å². The lowest BCUT2D eigenvalue weighted by molar-refractivity contribution is -0.116. The topological polar surface area (TPSA) is 66.5 Å². The van der Waals surface area contributed by atoms with Crippen LogP contribution in [0.5, 0.6) is 0 Å². The Kier molecular flexibility index (Phi) is 7.33. The van der Waals surface area contributed by atoms with Crippen LogP contribution in [0.3, 0.4) is 0 Å². The van der Waals surface area contributed by atoms with Crippen molar-refractivity contribution in [2.75, 3.05) is 10.2 Å². The summed E-state index contributed by atoms with van der Waals surface area (Å²) >= 11 is 0. The molecule has 0 aromatic heterocycles. The van der Waals surface area contributed by atoms with Crippen molar-refractivity contribution in [3.8, 4) is 0 Å². The Morgan fingerprint density at radius 2 is 1.73 bits per heavy atom. The molecule has 0 aliphatic rings. The van der Waals surface area contributed by atoms with E-state index in [0.29, 0.717) is 43.6 Å². The number of hydrogen-bond donors (Lipinski definition) is 1. The van der Waals surface area contributed by atoms with E-state index in [1.807, 2.05) is 37.3 Å². The van der Waals surface area contributed by atoms with Gasteiger partial charge in [-0.1, -0.05) is 48.5 Å². The predicted molar refractivity (Wildman–Crippen MR) is 121 cm³/mol. The molecule has 0 saturated heterocycles. The standard InChI is InChI=1S/C25H26N2O3/c1-19-14-15-20-9-4-5-10-21(20)22(19)17-27(18-29)24-12-7-6-11-23(24)26-25(30)13-3-2-8-16-28/h4-7,9-12,14-16,18H,2-3,8,13,17H2,1H3,(H,26,30). The molecule has 0 fully saturated rings. The van der Waals surface area contributed by atoms with E-state index in [1.54, 1.807) is 11.0 Å². The number of amides is 2. The van der Waals surface area contributed by atoms with Gasteiger partial charge in [-0.3, -0.25) is 9.59 Å². The normalized spacial score (nSPS) is 10.6. The first-order valence-corrected chi connectivity index (χ1v) is 10.2. The third kappa shape index (κ3) is 5.11. The van der Waals surface area contributed by atoms with Crippen molar-refractivity contribution in [1.29, 1.82) is 0 Å². The van der Waals surface area contributed by atoms with Gasteiger partial charge in [0.15, 0.2) is 0 Å². The van der Waals surface area contributed by atoms with Crippen molar-refractivity contribution in [2.24, 2.45) is 0 Å². The van der Waals surface area contributed by atoms with Gasteiger partial charge in [0, 0.05) is 12.8 Å². The molecule has 1 N–H and O–H groups in total. The lowest BCUT2D eigenvalue weighted by atomic mass is 9.99. The highest BCUT2D eigenvalue weighted by Gasteiger charge is 2.15. The van der Waals surface area contributed by atoms with Crippen molar-refractivity contribution in [3.05, 3.63) is 71.8 Å². The predicted octanol–water partition coefficient (Wildman–Crippen LogP) is 5.01. The van der Waals surface area contributed by atoms with E-state index in [4.69, 9.17) is 0 Å². The molecule has 154 valence electrons. The monoisotopic (exact) mass is 402 g/mol. The molecule has 0 bridgehead atoms. The minimum absolute atomic E-state index is 0.125. The number of aldehydes is 1. The second-order valence-corrected chi connectivity index (χ2v) is 7.29. The number of fused-ring (bicyclic) bond motifs is 1. The maximum Gasteiger partial charge on any atom is 0.224 e. The summed E-state index contributed by atoms with van der Waals surface area (Å²) < 4.78 is 0. The molecule has 0 atom stereocenters. The van der Waals surface area contributed by atoms with Gasteiger partial charge in [-0.05, 0) is 53.8 Å². The van der Waals surface area contributed by atoms with Gasteiger partial charge in [0.2, 0.25) is 12.3 Å². The quantitative estimate of drug-likeness (QED) is 0.383. The molecule has 0 saturated carbocycles. The lowest BCUT2D eigenvalue weighted by Crippen LogP contribution is -2.23. The number of anilines is 2. The van der Waals surface area contributed by atoms with Crippen LogP contribution in [0.25, 0.3) is 10.8 Å². The number of nitrogens with one attached hydrogen (secondary N) is 1. The zero-order valence-electron chi connectivity index (χ0n) is 17.1. The van der Waals surface area contributed by atoms with Crippen LogP contribution in [0.1, 0.15) is 36.8 Å². The summed E-state index contributed by atoms with van der Waals surface area (Å²) in [5, 5.41) is 5.15. The van der Waals surface area contributed by atoms with E-state index < -0.39 is 0 Å². The first-order valence-electron chi connectivity index (χ1n) is 10.2. The van der Waals surface area contributed by atoms with E-state index in [9.17, 15) is 14.4 Å². The number of carbonyl (C=O) groups is 3. The van der Waals surface area contributed by atoms with Crippen LogP contribution >= 0.6 is 0 Å². The number of benzene rings is 3. The van der Waals surface area contributed by atoms with Crippen LogP contribution in [-0.2, 0) is 20.9 Å². The number of aryl methyl sites for hydroxylation is 1. The van der Waals surface area contributed by atoms with Gasteiger partial charge in [0.25, 0.3) is 0 Å². The average molecular weight is 402 g/mol. The van der Waals surface area contributed by atoms with Crippen molar-refractivity contribution in [2.45, 2.75) is 39.2 Å². The first-order chi connectivity index (χ1) is 14.6. The molecule has 5 nitrogen and oxygen atoms in total. The van der Waals surface area contributed by atoms with Gasteiger partial charge in [-0.25, -0.2) is 0 Å². The smallest absolute Gasteiger partial charge is 0.224 e. The second-order valence-electron chi connectivity index (χ2n) is 7.29. The molecule has 3 aromatic carbocycles. The maximum atomic E-state index is 12.3. The third-order valence-electron chi connectivity index (χ3n) is 5.19. The molecule has 30 heavy (non-hydrogen) atoms. The molecule has 5 heteroatoms. The van der Waals surface area contributed by atoms with Crippen LogP contribution in [0.15, 0.2) is 60.7 Å². The van der Waals surface area contributed by atoms with Gasteiger partial charge >= 0.3 is 0 Å². The molecule has 0 spiro atoms. The molecule has 3 aromatic rings. The molecule has 0 aliphatic heterocycles. The highest BCUT2D eigenvalue weighted by atomic mass is 16.2. The Morgan fingerprint density at radius 1 is 0.967 bits per heavy atom. The van der Waals surface area contributed by atoms with E-state index >= 15 is 0 Å². The van der Waals surface area contributed by atoms with Gasteiger partial charge < -0.3 is 15.0 Å². The molecule has 0 aliphatic carbocycles. The van der Waals surface area contributed by atoms with Gasteiger partial charge in [-0.2, -0.15) is 0 Å². The fraction of sp³-hybridized carbons (Fsp3) is 0.240. The number of hydrogen-bond acceptors (Lipinski definition) is 3. The summed E-state index contributed by atoms with van der Waals surface area (Å²) in [5.74, 6) is -0.125. The maximum absolute atomic E-state index is 12.3. The van der Waals surface area contributed by atoms with Gasteiger partial charge in [0.05, 0.1) is 17.9 Å². The minimum Gasteiger partial charge on any atom is -0.324 e. The van der Waals surface area contributed by atoms with Crippen LogP contribution in [0.2, 0.25) is 0 Å². The fourth-order valence-corrected chi connectivity index (χ4v) is 3.56. The molecular weight excluding hydrogens is 376 g/mol. The summed E-state index contributed by atoms with van der Waals surface area (Å²) in [7, 11) is 0. The van der Waals surface area contributed by atoms with E-state index in [1.165, 1.54) is 0 Å². The van der Waals surface area contributed by atoms with Crippen molar-refractivity contribution >= 4 is 40.8 Å². The van der Waals surface area contributed by atoms with Crippen molar-refractivity contribution in [3.63, 3.8) is 0 Å². The third-order valence-corrected chi connectivity index (χ3v) is 5.19. The number of para-hydroxylation sites is 2. The zero-order chi connectivity index (χ0) is 21.3. The minimum atomic E-state index is -0.125. The molecule has 0 unspecified atom stereocenters. The molecule has 0 radical (unpaired) electrons. The zero-order valence-corrected chi connectivity index (χ0v) is 17.1. The van der Waals surface area contributed by atoms with E-state index in [2.05, 4.69) is 29.6 Å². The van der Waals surface area contributed by atoms with Crippen LogP contribution in [0.4, 0.5) is 11.4 Å². The van der Waals surface area contributed by atoms with Crippen molar-refractivity contribution < 1.29 is 14.4 Å². The van der Waals surface area contributed by atoms with Crippen LogP contribution in [-0.4, -0.2) is 18.6 Å². The SMILES string of the molecule is Cc1ccc2ccccc2c1CN(C=O)c1ccccc1NC(=O)CCCCC=O. The number of nitrogens with zero attached hydrogens (tertiary/aromatic N) is 1.